The van der Waals surface area contributed by atoms with Crippen molar-refractivity contribution in [3.63, 3.8) is 0 Å². The van der Waals surface area contributed by atoms with Gasteiger partial charge in [0.1, 0.15) is 42.1 Å². The van der Waals surface area contributed by atoms with Crippen LogP contribution in [0, 0.1) is 11.6 Å². The third-order valence-corrected chi connectivity index (χ3v) is 7.72. The summed E-state index contributed by atoms with van der Waals surface area (Å²) in [6, 6.07) is 7.30. The fourth-order valence-electron chi connectivity index (χ4n) is 4.43. The van der Waals surface area contributed by atoms with E-state index in [1.807, 2.05) is 0 Å². The van der Waals surface area contributed by atoms with Crippen molar-refractivity contribution in [1.82, 2.24) is 10.3 Å². The van der Waals surface area contributed by atoms with Crippen molar-refractivity contribution < 1.29 is 45.6 Å². The van der Waals surface area contributed by atoms with Crippen LogP contribution in [0.15, 0.2) is 54.7 Å². The molecular weight excluding hydrogens is 560 g/mol. The zero-order valence-corrected chi connectivity index (χ0v) is 22.2. The third-order valence-electron chi connectivity index (χ3n) is 6.21. The van der Waals surface area contributed by atoms with Gasteiger partial charge >= 0.3 is 6.36 Å². The second kappa shape index (κ2) is 10.9. The molecule has 1 unspecified atom stereocenters. The molecule has 14 heteroatoms. The molecule has 3 aromatic rings. The van der Waals surface area contributed by atoms with Crippen molar-refractivity contribution in [2.24, 2.45) is 0 Å². The summed E-state index contributed by atoms with van der Waals surface area (Å²) >= 11 is 0. The maximum atomic E-state index is 15.2. The number of halogens is 5. The van der Waals surface area contributed by atoms with Crippen LogP contribution >= 0.6 is 7.14 Å². The minimum atomic E-state index is -4.94. The Morgan fingerprint density at radius 2 is 1.70 bits per heavy atom. The van der Waals surface area contributed by atoms with Gasteiger partial charge in [-0.05, 0) is 49.7 Å². The number of hydrogen-bond donors (Lipinski definition) is 1. The van der Waals surface area contributed by atoms with Crippen molar-refractivity contribution in [2.45, 2.75) is 18.3 Å². The van der Waals surface area contributed by atoms with Gasteiger partial charge in [0.2, 0.25) is 0 Å². The van der Waals surface area contributed by atoms with E-state index in [4.69, 9.17) is 4.74 Å². The molecule has 2 atom stereocenters. The predicted molar refractivity (Wildman–Crippen MR) is 136 cm³/mol. The van der Waals surface area contributed by atoms with Crippen LogP contribution in [0.25, 0.3) is 0 Å². The van der Waals surface area contributed by atoms with Gasteiger partial charge < -0.3 is 19.4 Å². The fourth-order valence-corrected chi connectivity index (χ4v) is 5.53. The Labute approximate surface area is 225 Å². The van der Waals surface area contributed by atoms with E-state index in [9.17, 15) is 27.3 Å². The number of aromatic nitrogens is 1. The van der Waals surface area contributed by atoms with Crippen molar-refractivity contribution in [2.75, 3.05) is 31.9 Å². The lowest BCUT2D eigenvalue weighted by molar-refractivity contribution is -0.274. The Hall–Kier alpha value is -3.99. The third kappa shape index (κ3) is 6.09. The quantitative estimate of drug-likeness (QED) is 0.326. The number of nitrogens with one attached hydrogen (secondary N) is 1. The van der Waals surface area contributed by atoms with Crippen molar-refractivity contribution in [3.8, 4) is 11.5 Å². The molecule has 0 aliphatic carbocycles. The number of pyridine rings is 1. The van der Waals surface area contributed by atoms with Crippen LogP contribution < -0.4 is 25.0 Å². The molecule has 0 bridgehead atoms. The largest absolute Gasteiger partial charge is 0.573 e. The second-order valence-electron chi connectivity index (χ2n) is 9.28. The van der Waals surface area contributed by atoms with Gasteiger partial charge in [0.25, 0.3) is 11.8 Å². The number of carbonyl (C=O) groups is 2. The van der Waals surface area contributed by atoms with Crippen LogP contribution in [0.1, 0.15) is 21.8 Å². The van der Waals surface area contributed by atoms with E-state index < -0.39 is 60.2 Å². The zero-order valence-electron chi connectivity index (χ0n) is 21.3. The lowest BCUT2D eigenvalue weighted by atomic mass is 9.92. The number of anilines is 1. The van der Waals surface area contributed by atoms with Gasteiger partial charge in [-0.3, -0.25) is 14.5 Å². The number of alkyl halides is 3. The lowest BCUT2D eigenvalue weighted by Gasteiger charge is -2.21. The number of nitrogens with zero attached hydrogens (tertiary/aromatic N) is 2. The molecule has 0 saturated carbocycles. The summed E-state index contributed by atoms with van der Waals surface area (Å²) in [6.07, 6.45) is -3.57. The summed E-state index contributed by atoms with van der Waals surface area (Å²) in [5, 5.41) is 2.70. The SMILES string of the molecule is COc1cc(F)c([C@@H]2CN(c3ncccc3P(C)(C)=O)C(=O)C2NC(=O)c2ccc(OC(F)(F)F)cc2)c(F)c1. The molecule has 4 rings (SSSR count). The summed E-state index contributed by atoms with van der Waals surface area (Å²) in [7, 11) is -1.75. The molecule has 1 aromatic heterocycles. The molecule has 1 saturated heterocycles. The van der Waals surface area contributed by atoms with E-state index in [2.05, 4.69) is 15.0 Å². The molecule has 0 radical (unpaired) electrons. The first-order chi connectivity index (χ1) is 18.7. The molecule has 2 heterocycles. The number of benzene rings is 2. The van der Waals surface area contributed by atoms with Gasteiger partial charge in [-0.15, -0.1) is 13.2 Å². The molecule has 1 aliphatic rings. The first kappa shape index (κ1) is 29.0. The molecule has 212 valence electrons. The average molecular weight is 583 g/mol. The van der Waals surface area contributed by atoms with Crippen molar-refractivity contribution in [3.05, 3.63) is 77.5 Å². The molecule has 8 nitrogen and oxygen atoms in total. The summed E-state index contributed by atoms with van der Waals surface area (Å²) < 4.78 is 89.4. The maximum absolute atomic E-state index is 15.2. The van der Waals surface area contributed by atoms with Crippen LogP contribution in [0.3, 0.4) is 0 Å². The maximum Gasteiger partial charge on any atom is 0.573 e. The summed E-state index contributed by atoms with van der Waals surface area (Å²) in [5.74, 6) is -5.65. The van der Waals surface area contributed by atoms with Crippen molar-refractivity contribution >= 4 is 30.1 Å². The first-order valence-corrected chi connectivity index (χ1v) is 14.3. The zero-order chi connectivity index (χ0) is 29.4. The van der Waals surface area contributed by atoms with Gasteiger partial charge in [-0.1, -0.05) is 0 Å². The lowest BCUT2D eigenvalue weighted by Crippen LogP contribution is -2.44. The number of rotatable bonds is 7. The van der Waals surface area contributed by atoms with Gasteiger partial charge in [0, 0.05) is 41.9 Å². The van der Waals surface area contributed by atoms with Gasteiger partial charge in [0.05, 0.1) is 12.4 Å². The minimum Gasteiger partial charge on any atom is -0.497 e. The smallest absolute Gasteiger partial charge is 0.497 e. The second-order valence-corrected chi connectivity index (χ2v) is 12.5. The topological polar surface area (TPSA) is 97.8 Å². The van der Waals surface area contributed by atoms with Crippen molar-refractivity contribution in [1.29, 1.82) is 0 Å². The monoisotopic (exact) mass is 583 g/mol. The molecule has 2 amide bonds. The van der Waals surface area contributed by atoms with Crippen LogP contribution in [0.5, 0.6) is 11.5 Å². The van der Waals surface area contributed by atoms with Crippen LogP contribution in [-0.4, -0.2) is 56.2 Å². The van der Waals surface area contributed by atoms with Crippen LogP contribution in [0.4, 0.5) is 27.8 Å². The van der Waals surface area contributed by atoms with E-state index in [1.165, 1.54) is 38.8 Å². The Morgan fingerprint density at radius 3 is 2.25 bits per heavy atom. The highest BCUT2D eigenvalue weighted by atomic mass is 31.2. The molecule has 0 spiro atoms. The first-order valence-electron chi connectivity index (χ1n) is 11.7. The van der Waals surface area contributed by atoms with Crippen LogP contribution in [0.2, 0.25) is 0 Å². The summed E-state index contributed by atoms with van der Waals surface area (Å²) in [4.78, 5) is 32.0. The number of carbonyl (C=O) groups excluding carboxylic acids is 2. The predicted octanol–water partition coefficient (Wildman–Crippen LogP) is 4.44. The Bertz CT molecular complexity index is 1470. The Morgan fingerprint density at radius 1 is 1.07 bits per heavy atom. The van der Waals surface area contributed by atoms with Crippen LogP contribution in [-0.2, 0) is 9.36 Å². The van der Waals surface area contributed by atoms with Gasteiger partial charge in [-0.25, -0.2) is 13.8 Å². The average Bonchev–Trinajstić information content (AvgIpc) is 3.17. The van der Waals surface area contributed by atoms with Gasteiger partial charge in [-0.2, -0.15) is 0 Å². The molecule has 2 aromatic carbocycles. The molecule has 40 heavy (non-hydrogen) atoms. The molecule has 1 aliphatic heterocycles. The molecule has 1 N–H and O–H groups in total. The highest BCUT2D eigenvalue weighted by Crippen LogP contribution is 2.41. The number of amides is 2. The Balaban J connectivity index is 1.73. The fraction of sp³-hybridized carbons (Fsp3) is 0.269. The van der Waals surface area contributed by atoms with E-state index in [0.29, 0.717) is 0 Å². The number of methoxy groups -OCH3 is 1. The van der Waals surface area contributed by atoms with E-state index in [-0.39, 0.29) is 29.0 Å². The minimum absolute atomic E-state index is 0.0190. The summed E-state index contributed by atoms with van der Waals surface area (Å²) in [5.41, 5.74) is -0.634. The number of hydrogen-bond acceptors (Lipinski definition) is 6. The highest BCUT2D eigenvalue weighted by molar-refractivity contribution is 7.70. The van der Waals surface area contributed by atoms with E-state index in [1.54, 1.807) is 0 Å². The standard InChI is InChI=1S/C26H23F5N3O5P/c1-38-16-11-18(27)21(19(28)12-16)17-13-34(23-20(40(2,3)37)5-4-10-32-23)25(36)22(17)33-24(35)14-6-8-15(9-7-14)39-26(29,30)31/h4-12,17,22H,13H2,1-3H3,(H,33,35)/t17-,22?/m0/s1. The van der Waals surface area contributed by atoms with E-state index in [0.717, 1.165) is 41.3 Å². The molecule has 1 fully saturated rings. The van der Waals surface area contributed by atoms with E-state index >= 15 is 8.78 Å². The summed E-state index contributed by atoms with van der Waals surface area (Å²) in [6.45, 7) is 2.62. The molecular formula is C26H23F5N3O5P. The number of ether oxygens (including phenoxy) is 2. The van der Waals surface area contributed by atoms with Gasteiger partial charge in [0.15, 0.2) is 0 Å². The Kier molecular flexibility index (Phi) is 7.89. The normalized spacial score (nSPS) is 17.6. The highest BCUT2D eigenvalue weighted by Gasteiger charge is 2.46.